The summed E-state index contributed by atoms with van der Waals surface area (Å²) in [5.41, 5.74) is 1.82. The van der Waals surface area contributed by atoms with Crippen LogP contribution in [-0.4, -0.2) is 40.5 Å². The Labute approximate surface area is 192 Å². The van der Waals surface area contributed by atoms with Crippen LogP contribution in [0, 0.1) is 11.3 Å². The van der Waals surface area contributed by atoms with E-state index < -0.39 is 15.4 Å². The van der Waals surface area contributed by atoms with Crippen molar-refractivity contribution in [1.82, 2.24) is 14.5 Å². The summed E-state index contributed by atoms with van der Waals surface area (Å²) in [6, 6.07) is 13.9. The molecule has 1 amide bonds. The van der Waals surface area contributed by atoms with Crippen LogP contribution in [-0.2, 0) is 9.84 Å². The van der Waals surface area contributed by atoms with E-state index in [0.717, 1.165) is 0 Å². The molecule has 172 valence electrons. The monoisotopic (exact) mass is 466 g/mol. The van der Waals surface area contributed by atoms with Crippen LogP contribution >= 0.6 is 0 Å². The number of nitrogens with one attached hydrogen (secondary N) is 1. The number of amides is 1. The lowest BCUT2D eigenvalue weighted by atomic mass is 9.94. The van der Waals surface area contributed by atoms with Gasteiger partial charge in [-0.05, 0) is 70.0 Å². The maximum absolute atomic E-state index is 13.3. The fourth-order valence-corrected chi connectivity index (χ4v) is 6.01. The second-order valence-electron chi connectivity index (χ2n) is 9.11. The van der Waals surface area contributed by atoms with E-state index in [9.17, 15) is 23.3 Å². The lowest BCUT2D eigenvalue weighted by Gasteiger charge is -2.34. The van der Waals surface area contributed by atoms with Gasteiger partial charge in [-0.2, -0.15) is 5.26 Å². The van der Waals surface area contributed by atoms with Gasteiger partial charge in [0, 0.05) is 17.1 Å². The Morgan fingerprint density at radius 1 is 1.12 bits per heavy atom. The van der Waals surface area contributed by atoms with E-state index in [4.69, 9.17) is 0 Å². The van der Waals surface area contributed by atoms with Crippen molar-refractivity contribution in [2.75, 3.05) is 11.5 Å². The molecule has 0 radical (unpaired) electrons. The highest BCUT2D eigenvalue weighted by Gasteiger charge is 2.34. The second kappa shape index (κ2) is 8.19. The van der Waals surface area contributed by atoms with Gasteiger partial charge in [0.25, 0.3) is 5.91 Å². The van der Waals surface area contributed by atoms with E-state index in [1.807, 2.05) is 20.8 Å². The third-order valence-electron chi connectivity index (χ3n) is 6.23. The zero-order valence-electron chi connectivity index (χ0n) is 18.8. The minimum atomic E-state index is -3.04. The maximum atomic E-state index is 13.3. The van der Waals surface area contributed by atoms with Crippen molar-refractivity contribution in [2.45, 2.75) is 45.2 Å². The molecule has 0 bridgehead atoms. The van der Waals surface area contributed by atoms with Gasteiger partial charge in [-0.1, -0.05) is 6.07 Å². The fraction of sp³-hybridized carbons (Fsp3) is 0.375. The topological polar surface area (TPSA) is 114 Å². The van der Waals surface area contributed by atoms with Crippen LogP contribution in [0.5, 0.6) is 0 Å². The number of nitriles is 1. The summed E-state index contributed by atoms with van der Waals surface area (Å²) in [6.07, 6.45) is 0.733. The van der Waals surface area contributed by atoms with Crippen LogP contribution < -0.4 is 11.0 Å². The summed E-state index contributed by atoms with van der Waals surface area (Å²) >= 11 is 0. The average Bonchev–Trinajstić information content (AvgIpc) is 3.07. The summed E-state index contributed by atoms with van der Waals surface area (Å²) in [7, 11) is -3.04. The Hall–Kier alpha value is -3.38. The van der Waals surface area contributed by atoms with E-state index in [2.05, 4.69) is 11.4 Å². The zero-order chi connectivity index (χ0) is 24.0. The molecule has 1 aliphatic heterocycles. The number of hydrogen-bond donors (Lipinski definition) is 1. The Kier molecular flexibility index (Phi) is 5.66. The third-order valence-corrected chi connectivity index (χ3v) is 7.88. The molecule has 1 fully saturated rings. The van der Waals surface area contributed by atoms with Gasteiger partial charge in [0.2, 0.25) is 0 Å². The predicted octanol–water partition coefficient (Wildman–Crippen LogP) is 2.94. The molecule has 1 N–H and O–H groups in total. The Morgan fingerprint density at radius 3 is 2.45 bits per heavy atom. The molecule has 0 spiro atoms. The van der Waals surface area contributed by atoms with Gasteiger partial charge in [-0.3, -0.25) is 13.9 Å². The van der Waals surface area contributed by atoms with Gasteiger partial charge in [-0.25, -0.2) is 13.2 Å². The highest BCUT2D eigenvalue weighted by atomic mass is 32.2. The lowest BCUT2D eigenvalue weighted by molar-refractivity contribution is 0.0900. The van der Waals surface area contributed by atoms with Crippen molar-refractivity contribution in [3.8, 4) is 11.8 Å². The summed E-state index contributed by atoms with van der Waals surface area (Å²) in [6.45, 7) is 5.65. The molecule has 2 heterocycles. The molecule has 1 aromatic heterocycles. The van der Waals surface area contributed by atoms with Crippen LogP contribution in [0.2, 0.25) is 0 Å². The molecular formula is C24H26N4O4S. The molecule has 9 heteroatoms. The van der Waals surface area contributed by atoms with Gasteiger partial charge in [-0.15, -0.1) is 0 Å². The van der Waals surface area contributed by atoms with Gasteiger partial charge in [0.05, 0.1) is 39.9 Å². The number of nitrogens with zero attached hydrogens (tertiary/aromatic N) is 3. The Bertz CT molecular complexity index is 1440. The SMILES string of the molecule is CC(C)n1c(=O)n(-c2cccc(C#N)c2)c2ccc(C(=O)NC3(C)CCS(=O)(=O)CC3)cc21. The predicted molar refractivity (Wildman–Crippen MR) is 126 cm³/mol. The number of carbonyl (C=O) groups is 1. The lowest BCUT2D eigenvalue weighted by Crippen LogP contribution is -2.50. The minimum Gasteiger partial charge on any atom is -0.347 e. The van der Waals surface area contributed by atoms with E-state index in [1.54, 1.807) is 51.6 Å². The molecule has 2 aromatic carbocycles. The fourth-order valence-electron chi connectivity index (χ4n) is 4.28. The van der Waals surface area contributed by atoms with E-state index in [-0.39, 0.29) is 29.1 Å². The number of benzene rings is 2. The number of carbonyl (C=O) groups excluding carboxylic acids is 1. The number of imidazole rings is 1. The summed E-state index contributed by atoms with van der Waals surface area (Å²) in [4.78, 5) is 26.4. The van der Waals surface area contributed by atoms with Gasteiger partial charge in [0.15, 0.2) is 0 Å². The average molecular weight is 467 g/mol. The summed E-state index contributed by atoms with van der Waals surface area (Å²) in [5.74, 6) is -0.193. The highest BCUT2D eigenvalue weighted by molar-refractivity contribution is 7.91. The molecular weight excluding hydrogens is 440 g/mol. The quantitative estimate of drug-likeness (QED) is 0.635. The van der Waals surface area contributed by atoms with Gasteiger partial charge < -0.3 is 5.32 Å². The van der Waals surface area contributed by atoms with Crippen molar-refractivity contribution >= 4 is 26.8 Å². The number of hydrogen-bond acceptors (Lipinski definition) is 5. The van der Waals surface area contributed by atoms with E-state index >= 15 is 0 Å². The maximum Gasteiger partial charge on any atom is 0.333 e. The van der Waals surface area contributed by atoms with Crippen molar-refractivity contribution < 1.29 is 13.2 Å². The standard InChI is InChI=1S/C24H26N4O4S/c1-16(2)27-21-14-18(22(29)26-24(3)9-11-33(31,32)12-10-24)7-8-20(21)28(23(27)30)19-6-4-5-17(13-19)15-25/h4-8,13-14,16H,9-12H2,1-3H3,(H,26,29). The van der Waals surface area contributed by atoms with E-state index in [1.165, 1.54) is 0 Å². The smallest absolute Gasteiger partial charge is 0.333 e. The molecule has 0 unspecified atom stereocenters. The first-order valence-electron chi connectivity index (χ1n) is 10.8. The molecule has 0 aliphatic carbocycles. The Balaban J connectivity index is 1.76. The number of aromatic nitrogens is 2. The molecule has 1 aliphatic rings. The van der Waals surface area contributed by atoms with Crippen molar-refractivity contribution in [3.63, 3.8) is 0 Å². The molecule has 33 heavy (non-hydrogen) atoms. The first-order chi connectivity index (χ1) is 15.5. The second-order valence-corrected chi connectivity index (χ2v) is 11.4. The minimum absolute atomic E-state index is 0.0559. The third kappa shape index (κ3) is 4.31. The molecule has 0 saturated carbocycles. The van der Waals surface area contributed by atoms with Gasteiger partial charge in [0.1, 0.15) is 9.84 Å². The molecule has 8 nitrogen and oxygen atoms in total. The van der Waals surface area contributed by atoms with Gasteiger partial charge >= 0.3 is 5.69 Å². The summed E-state index contributed by atoms with van der Waals surface area (Å²) in [5, 5.41) is 12.2. The molecule has 3 aromatic rings. The zero-order valence-corrected chi connectivity index (χ0v) is 19.6. The van der Waals surface area contributed by atoms with Crippen LogP contribution in [0.4, 0.5) is 0 Å². The first-order valence-corrected chi connectivity index (χ1v) is 12.7. The number of rotatable bonds is 4. The Morgan fingerprint density at radius 2 is 1.82 bits per heavy atom. The van der Waals surface area contributed by atoms with Crippen LogP contribution in [0.3, 0.4) is 0 Å². The van der Waals surface area contributed by atoms with Crippen molar-refractivity contribution in [3.05, 3.63) is 64.1 Å². The normalized spacial score (nSPS) is 17.1. The van der Waals surface area contributed by atoms with Crippen LogP contribution in [0.25, 0.3) is 16.7 Å². The molecule has 4 rings (SSSR count). The van der Waals surface area contributed by atoms with Crippen LogP contribution in [0.1, 0.15) is 55.6 Å². The molecule has 0 atom stereocenters. The van der Waals surface area contributed by atoms with Crippen molar-refractivity contribution in [1.29, 1.82) is 5.26 Å². The number of fused-ring (bicyclic) bond motifs is 1. The largest absolute Gasteiger partial charge is 0.347 e. The molecule has 1 saturated heterocycles. The highest BCUT2D eigenvalue weighted by Crippen LogP contribution is 2.26. The first kappa shape index (κ1) is 22.8. The summed E-state index contributed by atoms with van der Waals surface area (Å²) < 4.78 is 26.7. The van der Waals surface area contributed by atoms with Crippen LogP contribution in [0.15, 0.2) is 47.3 Å². The van der Waals surface area contributed by atoms with E-state index in [0.29, 0.717) is 40.7 Å². The van der Waals surface area contributed by atoms with Crippen molar-refractivity contribution in [2.24, 2.45) is 0 Å². The number of sulfone groups is 1.